The first-order valence-electron chi connectivity index (χ1n) is 6.10. The van der Waals surface area contributed by atoms with E-state index < -0.39 is 0 Å². The summed E-state index contributed by atoms with van der Waals surface area (Å²) in [5.41, 5.74) is 0.473. The molecular formula is C14H18N2O3. The molecule has 1 rings (SSSR count). The van der Waals surface area contributed by atoms with Crippen molar-refractivity contribution in [2.24, 2.45) is 10.2 Å². The number of benzene rings is 1. The van der Waals surface area contributed by atoms with Gasteiger partial charge in [0, 0.05) is 6.92 Å². The number of allylic oxidation sites excluding steroid dienone is 2. The summed E-state index contributed by atoms with van der Waals surface area (Å²) in [4.78, 5) is 11.3. The Kier molecular flexibility index (Phi) is 5.73. The second kappa shape index (κ2) is 7.31. The van der Waals surface area contributed by atoms with Crippen LogP contribution < -0.4 is 4.74 Å². The molecule has 5 nitrogen and oxygen atoms in total. The van der Waals surface area contributed by atoms with Crippen LogP contribution in [0.25, 0.3) is 0 Å². The van der Waals surface area contributed by atoms with Crippen LogP contribution in [0.1, 0.15) is 27.2 Å². The second-order valence-electron chi connectivity index (χ2n) is 4.01. The number of aliphatic hydroxyl groups is 1. The minimum Gasteiger partial charge on any atom is -0.510 e. The van der Waals surface area contributed by atoms with E-state index >= 15 is 0 Å². The van der Waals surface area contributed by atoms with Gasteiger partial charge in [-0.2, -0.15) is 0 Å². The number of para-hydroxylation sites is 1. The summed E-state index contributed by atoms with van der Waals surface area (Å²) in [7, 11) is 0. The molecule has 0 heterocycles. The molecule has 0 bridgehead atoms. The number of Topliss-reactive ketones (excluding diaryl/α,β-unsaturated/α-hetero) is 1. The highest BCUT2D eigenvalue weighted by Gasteiger charge is 2.07. The molecule has 0 aliphatic heterocycles. The Morgan fingerprint density at radius 2 is 2.00 bits per heavy atom. The lowest BCUT2D eigenvalue weighted by Crippen LogP contribution is -1.97. The highest BCUT2D eigenvalue weighted by atomic mass is 16.5. The molecule has 1 aromatic rings. The number of hydrogen-bond acceptors (Lipinski definition) is 5. The van der Waals surface area contributed by atoms with Crippen LogP contribution in [0.2, 0.25) is 0 Å². The molecule has 0 aliphatic rings. The fourth-order valence-corrected chi connectivity index (χ4v) is 1.38. The normalized spacial score (nSPS) is 12.4. The van der Waals surface area contributed by atoms with Crippen LogP contribution >= 0.6 is 0 Å². The minimum absolute atomic E-state index is 0.0507. The summed E-state index contributed by atoms with van der Waals surface area (Å²) in [6.45, 7) is 5.32. The first-order chi connectivity index (χ1) is 9.06. The van der Waals surface area contributed by atoms with Crippen molar-refractivity contribution in [2.75, 3.05) is 6.61 Å². The molecule has 0 amide bonds. The summed E-state index contributed by atoms with van der Waals surface area (Å²) in [5.74, 6) is 0.116. The molecule has 0 atom stereocenters. The second-order valence-corrected chi connectivity index (χ2v) is 4.01. The monoisotopic (exact) mass is 262 g/mol. The Labute approximate surface area is 112 Å². The van der Waals surface area contributed by atoms with E-state index in [4.69, 9.17) is 4.74 Å². The van der Waals surface area contributed by atoms with Gasteiger partial charge in [-0.1, -0.05) is 19.1 Å². The summed E-state index contributed by atoms with van der Waals surface area (Å²) in [6.07, 6.45) is 0.889. The average Bonchev–Trinajstić information content (AvgIpc) is 2.37. The van der Waals surface area contributed by atoms with E-state index in [9.17, 15) is 9.90 Å². The van der Waals surface area contributed by atoms with Gasteiger partial charge in [0.1, 0.15) is 17.2 Å². The molecule has 0 aliphatic carbocycles. The Morgan fingerprint density at radius 3 is 2.58 bits per heavy atom. The number of ketones is 1. The SMILES string of the molecule is CCCOc1ccccc1N=NC(C(C)=O)=C(C)O. The molecule has 0 fully saturated rings. The van der Waals surface area contributed by atoms with Crippen LogP contribution in [0.3, 0.4) is 0 Å². The predicted octanol–water partition coefficient (Wildman–Crippen LogP) is 3.94. The smallest absolute Gasteiger partial charge is 0.183 e. The Balaban J connectivity index is 2.98. The van der Waals surface area contributed by atoms with E-state index in [-0.39, 0.29) is 17.2 Å². The van der Waals surface area contributed by atoms with Gasteiger partial charge >= 0.3 is 0 Å². The van der Waals surface area contributed by atoms with Crippen LogP contribution in [-0.2, 0) is 4.79 Å². The van der Waals surface area contributed by atoms with E-state index in [1.807, 2.05) is 13.0 Å². The summed E-state index contributed by atoms with van der Waals surface area (Å²) in [6, 6.07) is 7.16. The molecule has 1 N–H and O–H groups in total. The third-order valence-corrected chi connectivity index (χ3v) is 2.26. The number of aliphatic hydroxyl groups excluding tert-OH is 1. The third kappa shape index (κ3) is 4.54. The maximum atomic E-state index is 11.3. The van der Waals surface area contributed by atoms with Crippen molar-refractivity contribution in [1.29, 1.82) is 0 Å². The van der Waals surface area contributed by atoms with Crippen LogP contribution in [0.5, 0.6) is 5.75 Å². The highest BCUT2D eigenvalue weighted by molar-refractivity contribution is 5.93. The number of carbonyl (C=O) groups excluding carboxylic acids is 1. The molecule has 0 unspecified atom stereocenters. The highest BCUT2D eigenvalue weighted by Crippen LogP contribution is 2.28. The largest absolute Gasteiger partial charge is 0.510 e. The van der Waals surface area contributed by atoms with E-state index in [2.05, 4.69) is 10.2 Å². The quantitative estimate of drug-likeness (QED) is 0.479. The number of hydrogen-bond donors (Lipinski definition) is 1. The molecule has 0 saturated heterocycles. The van der Waals surface area contributed by atoms with Crippen LogP contribution in [0.15, 0.2) is 46.0 Å². The predicted molar refractivity (Wildman–Crippen MR) is 72.8 cm³/mol. The molecule has 0 saturated carbocycles. The number of ether oxygens (including phenoxy) is 1. The molecule has 0 radical (unpaired) electrons. The Hall–Kier alpha value is -2.17. The van der Waals surface area contributed by atoms with Gasteiger partial charge in [0.25, 0.3) is 0 Å². The lowest BCUT2D eigenvalue weighted by molar-refractivity contribution is -0.113. The first-order valence-corrected chi connectivity index (χ1v) is 6.10. The maximum absolute atomic E-state index is 11.3. The van der Waals surface area contributed by atoms with Crippen LogP contribution in [0.4, 0.5) is 5.69 Å². The standard InChI is InChI=1S/C14H18N2O3/c1-4-9-19-13-8-6-5-7-12(13)15-16-14(10(2)17)11(3)18/h5-8,17H,4,9H2,1-3H3. The number of azo groups is 1. The summed E-state index contributed by atoms with van der Waals surface area (Å²) in [5, 5.41) is 17.1. The van der Waals surface area contributed by atoms with Crippen molar-refractivity contribution in [3.63, 3.8) is 0 Å². The van der Waals surface area contributed by atoms with Crippen molar-refractivity contribution in [3.05, 3.63) is 35.7 Å². The lowest BCUT2D eigenvalue weighted by Gasteiger charge is -2.06. The molecule has 19 heavy (non-hydrogen) atoms. The summed E-state index contributed by atoms with van der Waals surface area (Å²) >= 11 is 0. The van der Waals surface area contributed by atoms with Crippen LogP contribution in [-0.4, -0.2) is 17.5 Å². The fourth-order valence-electron chi connectivity index (χ4n) is 1.38. The van der Waals surface area contributed by atoms with Crippen LogP contribution in [0, 0.1) is 0 Å². The number of rotatable bonds is 6. The zero-order chi connectivity index (χ0) is 14.3. The van der Waals surface area contributed by atoms with E-state index in [1.54, 1.807) is 18.2 Å². The Morgan fingerprint density at radius 1 is 1.32 bits per heavy atom. The van der Waals surface area contributed by atoms with Gasteiger partial charge in [-0.05, 0) is 25.5 Å². The minimum atomic E-state index is -0.337. The first kappa shape index (κ1) is 14.9. The van der Waals surface area contributed by atoms with Gasteiger partial charge < -0.3 is 9.84 Å². The van der Waals surface area contributed by atoms with Crippen molar-refractivity contribution < 1.29 is 14.6 Å². The molecule has 5 heteroatoms. The van der Waals surface area contributed by atoms with E-state index in [0.29, 0.717) is 18.0 Å². The summed E-state index contributed by atoms with van der Waals surface area (Å²) < 4.78 is 5.52. The zero-order valence-corrected chi connectivity index (χ0v) is 11.4. The fraction of sp³-hybridized carbons (Fsp3) is 0.357. The molecule has 1 aromatic carbocycles. The van der Waals surface area contributed by atoms with Gasteiger partial charge in [0.05, 0.1) is 6.61 Å². The van der Waals surface area contributed by atoms with Crippen molar-refractivity contribution >= 4 is 11.5 Å². The maximum Gasteiger partial charge on any atom is 0.183 e. The van der Waals surface area contributed by atoms with Gasteiger partial charge in [-0.3, -0.25) is 4.79 Å². The molecule has 102 valence electrons. The molecule has 0 spiro atoms. The molecular weight excluding hydrogens is 244 g/mol. The van der Waals surface area contributed by atoms with Gasteiger partial charge in [0.15, 0.2) is 11.5 Å². The van der Waals surface area contributed by atoms with Crippen molar-refractivity contribution in [3.8, 4) is 5.75 Å². The zero-order valence-electron chi connectivity index (χ0n) is 11.4. The van der Waals surface area contributed by atoms with E-state index in [1.165, 1.54) is 13.8 Å². The van der Waals surface area contributed by atoms with Crippen molar-refractivity contribution in [1.82, 2.24) is 0 Å². The van der Waals surface area contributed by atoms with E-state index in [0.717, 1.165) is 6.42 Å². The van der Waals surface area contributed by atoms with Crippen molar-refractivity contribution in [2.45, 2.75) is 27.2 Å². The Bertz CT molecular complexity index is 503. The topological polar surface area (TPSA) is 71.2 Å². The van der Waals surface area contributed by atoms with Gasteiger partial charge in [-0.25, -0.2) is 0 Å². The average molecular weight is 262 g/mol. The van der Waals surface area contributed by atoms with Gasteiger partial charge in [0.2, 0.25) is 0 Å². The number of nitrogens with zero attached hydrogens (tertiary/aromatic N) is 2. The number of carbonyl (C=O) groups is 1. The van der Waals surface area contributed by atoms with Gasteiger partial charge in [-0.15, -0.1) is 10.2 Å². The molecule has 0 aromatic heterocycles. The lowest BCUT2D eigenvalue weighted by atomic mass is 10.3. The third-order valence-electron chi connectivity index (χ3n) is 2.26.